The standard InChI is InChI=1S/C41H65N5O3/c1-38(2,3)29-23-31(39(4,5)6)34-30(35(40(7,8)9)46-33(34)24-29)25-32(42)36(47)45-27-41(19-15-21-43-10,20-16-22-44-11)37(48)49-26-28-17-13-12-14-18-28/h12-14,17-18,23-24,32,43-44,46H,15-16,19-22,25-27,42H2,1-11H3,(H,45,47)/t32-/m0/s1. The lowest BCUT2D eigenvalue weighted by Gasteiger charge is -2.32. The molecule has 272 valence electrons. The van der Waals surface area contributed by atoms with Crippen LogP contribution in [0.1, 0.15) is 116 Å². The number of fused-ring (bicyclic) bond motifs is 1. The number of amides is 1. The molecule has 0 aliphatic heterocycles. The van der Waals surface area contributed by atoms with Gasteiger partial charge in [0.15, 0.2) is 0 Å². The van der Waals surface area contributed by atoms with E-state index in [9.17, 15) is 9.59 Å². The summed E-state index contributed by atoms with van der Waals surface area (Å²) in [4.78, 5) is 31.6. The Balaban J connectivity index is 1.96. The Bertz CT molecular complexity index is 1510. The first-order valence-electron chi connectivity index (χ1n) is 18.1. The number of esters is 1. The van der Waals surface area contributed by atoms with Crippen LogP contribution in [-0.4, -0.2) is 56.6 Å². The van der Waals surface area contributed by atoms with Crippen molar-refractivity contribution in [2.75, 3.05) is 33.7 Å². The molecule has 0 fully saturated rings. The highest BCUT2D eigenvalue weighted by atomic mass is 16.5. The number of hydrogen-bond donors (Lipinski definition) is 5. The van der Waals surface area contributed by atoms with Gasteiger partial charge in [0, 0.05) is 28.6 Å². The normalized spacial score (nSPS) is 13.5. The summed E-state index contributed by atoms with van der Waals surface area (Å²) >= 11 is 0. The molecule has 1 aromatic heterocycles. The van der Waals surface area contributed by atoms with Gasteiger partial charge in [0.1, 0.15) is 6.61 Å². The average Bonchev–Trinajstić information content (AvgIpc) is 3.40. The fraction of sp³-hybridized carbons (Fsp3) is 0.610. The van der Waals surface area contributed by atoms with E-state index in [4.69, 9.17) is 10.5 Å². The molecule has 0 aliphatic carbocycles. The van der Waals surface area contributed by atoms with Gasteiger partial charge < -0.3 is 31.4 Å². The van der Waals surface area contributed by atoms with Crippen molar-refractivity contribution in [3.05, 3.63) is 70.4 Å². The second-order valence-electron chi connectivity index (χ2n) is 17.0. The number of nitrogens with one attached hydrogen (secondary N) is 4. The Morgan fingerprint density at radius 2 is 1.43 bits per heavy atom. The highest BCUT2D eigenvalue weighted by Gasteiger charge is 2.40. The third-order valence-corrected chi connectivity index (χ3v) is 9.60. The van der Waals surface area contributed by atoms with Crippen LogP contribution in [0.25, 0.3) is 10.9 Å². The fourth-order valence-electron chi connectivity index (χ4n) is 6.63. The quantitative estimate of drug-likeness (QED) is 0.0844. The second kappa shape index (κ2) is 16.7. The average molecular weight is 676 g/mol. The van der Waals surface area contributed by atoms with Crippen LogP contribution >= 0.6 is 0 Å². The molecule has 0 bridgehead atoms. The van der Waals surface area contributed by atoms with E-state index in [0.717, 1.165) is 53.7 Å². The van der Waals surface area contributed by atoms with E-state index in [1.165, 1.54) is 11.1 Å². The van der Waals surface area contributed by atoms with Crippen LogP contribution in [0, 0.1) is 5.41 Å². The maximum absolute atomic E-state index is 13.9. The summed E-state index contributed by atoms with van der Waals surface area (Å²) in [7, 11) is 3.81. The number of benzene rings is 2. The molecule has 0 saturated heterocycles. The molecule has 8 nitrogen and oxygen atoms in total. The summed E-state index contributed by atoms with van der Waals surface area (Å²) in [5.41, 5.74) is 12.3. The van der Waals surface area contributed by atoms with Crippen LogP contribution in [0.4, 0.5) is 0 Å². The van der Waals surface area contributed by atoms with Crippen LogP contribution in [0.5, 0.6) is 0 Å². The minimum Gasteiger partial charge on any atom is -0.460 e. The minimum absolute atomic E-state index is 0.0211. The van der Waals surface area contributed by atoms with Crippen molar-refractivity contribution in [2.24, 2.45) is 11.1 Å². The first-order chi connectivity index (χ1) is 22.8. The van der Waals surface area contributed by atoms with Crippen LogP contribution in [0.3, 0.4) is 0 Å². The highest BCUT2D eigenvalue weighted by Crippen LogP contribution is 2.41. The molecule has 1 heterocycles. The summed E-state index contributed by atoms with van der Waals surface area (Å²) in [6.45, 7) is 21.9. The molecule has 0 saturated carbocycles. The number of hydrogen-bond acceptors (Lipinski definition) is 6. The van der Waals surface area contributed by atoms with Crippen molar-refractivity contribution in [1.82, 2.24) is 20.9 Å². The van der Waals surface area contributed by atoms with Gasteiger partial charge in [-0.1, -0.05) is 98.7 Å². The van der Waals surface area contributed by atoms with E-state index in [1.54, 1.807) is 0 Å². The monoisotopic (exact) mass is 676 g/mol. The Morgan fingerprint density at radius 1 is 0.837 bits per heavy atom. The molecule has 0 unspecified atom stereocenters. The third-order valence-electron chi connectivity index (χ3n) is 9.60. The fourth-order valence-corrected chi connectivity index (χ4v) is 6.63. The Labute approximate surface area is 296 Å². The van der Waals surface area contributed by atoms with Gasteiger partial charge in [0.2, 0.25) is 5.91 Å². The summed E-state index contributed by atoms with van der Waals surface area (Å²) in [6, 6.07) is 13.5. The molecule has 3 rings (SSSR count). The molecular weight excluding hydrogens is 610 g/mol. The van der Waals surface area contributed by atoms with Gasteiger partial charge >= 0.3 is 5.97 Å². The predicted molar refractivity (Wildman–Crippen MR) is 204 cm³/mol. The molecule has 2 aromatic carbocycles. The molecular formula is C41H65N5O3. The number of carbonyl (C=O) groups is 2. The number of carbonyl (C=O) groups excluding carboxylic acids is 2. The van der Waals surface area contributed by atoms with E-state index >= 15 is 0 Å². The first kappa shape index (κ1) is 40.2. The van der Waals surface area contributed by atoms with Crippen LogP contribution < -0.4 is 21.7 Å². The van der Waals surface area contributed by atoms with Crippen LogP contribution in [0.15, 0.2) is 42.5 Å². The summed E-state index contributed by atoms with van der Waals surface area (Å²) in [5.74, 6) is -0.547. The van der Waals surface area contributed by atoms with Crippen molar-refractivity contribution < 1.29 is 14.3 Å². The maximum Gasteiger partial charge on any atom is 0.314 e. The molecule has 8 heteroatoms. The van der Waals surface area contributed by atoms with Crippen LogP contribution in [-0.2, 0) is 43.6 Å². The Morgan fingerprint density at radius 3 is 1.94 bits per heavy atom. The highest BCUT2D eigenvalue weighted by molar-refractivity contribution is 5.92. The zero-order chi connectivity index (χ0) is 36.6. The smallest absolute Gasteiger partial charge is 0.314 e. The lowest BCUT2D eigenvalue weighted by Crippen LogP contribution is -2.49. The van der Waals surface area contributed by atoms with E-state index in [1.807, 2.05) is 44.4 Å². The van der Waals surface area contributed by atoms with Gasteiger partial charge in [0.05, 0.1) is 11.5 Å². The summed E-state index contributed by atoms with van der Waals surface area (Å²) in [6.07, 6.45) is 3.09. The van der Waals surface area contributed by atoms with E-state index in [2.05, 4.69) is 95.4 Å². The van der Waals surface area contributed by atoms with E-state index in [-0.39, 0.29) is 41.3 Å². The maximum atomic E-state index is 13.9. The number of ether oxygens (including phenoxy) is 1. The zero-order valence-electron chi connectivity index (χ0n) is 32.3. The van der Waals surface area contributed by atoms with Gasteiger partial charge in [-0.25, -0.2) is 0 Å². The number of rotatable bonds is 16. The van der Waals surface area contributed by atoms with Crippen molar-refractivity contribution in [1.29, 1.82) is 0 Å². The summed E-state index contributed by atoms with van der Waals surface area (Å²) in [5, 5.41) is 10.7. The molecule has 3 aromatic rings. The van der Waals surface area contributed by atoms with Gasteiger partial charge in [-0.2, -0.15) is 0 Å². The Hall–Kier alpha value is -3.20. The molecule has 0 radical (unpaired) electrons. The third kappa shape index (κ3) is 10.6. The first-order valence-corrected chi connectivity index (χ1v) is 18.1. The molecule has 0 aliphatic rings. The van der Waals surface area contributed by atoms with Crippen LogP contribution in [0.2, 0.25) is 0 Å². The molecule has 49 heavy (non-hydrogen) atoms. The van der Waals surface area contributed by atoms with Gasteiger partial charge in [-0.15, -0.1) is 0 Å². The predicted octanol–water partition coefficient (Wildman–Crippen LogP) is 6.78. The van der Waals surface area contributed by atoms with Crippen molar-refractivity contribution in [2.45, 2.75) is 123 Å². The molecule has 0 spiro atoms. The largest absolute Gasteiger partial charge is 0.460 e. The lowest BCUT2D eigenvalue weighted by atomic mass is 9.77. The number of aromatic nitrogens is 1. The lowest BCUT2D eigenvalue weighted by molar-refractivity contribution is -0.158. The Kier molecular flexibility index (Phi) is 13.7. The van der Waals surface area contributed by atoms with E-state index in [0.29, 0.717) is 19.3 Å². The topological polar surface area (TPSA) is 121 Å². The summed E-state index contributed by atoms with van der Waals surface area (Å²) < 4.78 is 5.95. The van der Waals surface area contributed by atoms with Crippen molar-refractivity contribution >= 4 is 22.8 Å². The second-order valence-corrected chi connectivity index (χ2v) is 17.0. The van der Waals surface area contributed by atoms with Gasteiger partial charge in [0.25, 0.3) is 0 Å². The van der Waals surface area contributed by atoms with Crippen molar-refractivity contribution in [3.63, 3.8) is 0 Å². The number of H-pyrrole nitrogens is 1. The minimum atomic E-state index is -0.877. The molecule has 6 N–H and O–H groups in total. The van der Waals surface area contributed by atoms with Gasteiger partial charge in [-0.3, -0.25) is 9.59 Å². The van der Waals surface area contributed by atoms with Gasteiger partial charge in [-0.05, 0) is 98.4 Å². The number of nitrogens with two attached hydrogens (primary N) is 1. The van der Waals surface area contributed by atoms with E-state index < -0.39 is 11.5 Å². The number of aromatic amines is 1. The SMILES string of the molecule is CNCCCC(CCCNC)(CNC(=O)[C@@H](N)Cc1c(C(C)(C)C)[nH]c2cc(C(C)(C)C)cc(C(C)(C)C)c12)C(=O)OCc1ccccc1. The molecule has 1 amide bonds. The molecule has 1 atom stereocenters. The van der Waals surface area contributed by atoms with Crippen molar-refractivity contribution in [3.8, 4) is 0 Å². The zero-order valence-corrected chi connectivity index (χ0v) is 32.3.